The molecule has 0 saturated heterocycles. The third kappa shape index (κ3) is 4.93. The van der Waals surface area contributed by atoms with Crippen LogP contribution in [-0.2, 0) is 0 Å². The van der Waals surface area contributed by atoms with Crippen molar-refractivity contribution < 1.29 is 27.6 Å². The zero-order valence-corrected chi connectivity index (χ0v) is 13.0. The summed E-state index contributed by atoms with van der Waals surface area (Å²) in [5.74, 6) is -0.847. The normalized spacial score (nSPS) is 11.0. The molecule has 0 aliphatic rings. The minimum Gasteiger partial charge on any atom is -0.482 e. The number of carbonyl (C=O) groups is 1. The van der Waals surface area contributed by atoms with Crippen molar-refractivity contribution in [3.63, 3.8) is 0 Å². The number of nitro benzene ring substituents is 1. The number of carbonyl (C=O) groups excluding carboxylic acids is 1. The summed E-state index contributed by atoms with van der Waals surface area (Å²) >= 11 is 0. The molecule has 0 unspecified atom stereocenters. The Kier molecular flexibility index (Phi) is 5.26. The van der Waals surface area contributed by atoms with Crippen LogP contribution in [0.15, 0.2) is 42.5 Å². The Morgan fingerprint density at radius 3 is 2.56 bits per heavy atom. The number of nitro groups is 1. The van der Waals surface area contributed by atoms with Crippen molar-refractivity contribution in [1.82, 2.24) is 0 Å². The molecule has 0 bridgehead atoms. The van der Waals surface area contributed by atoms with Gasteiger partial charge < -0.3 is 10.1 Å². The van der Waals surface area contributed by atoms with Crippen molar-refractivity contribution in [2.24, 2.45) is 0 Å². The van der Waals surface area contributed by atoms with Crippen LogP contribution >= 0.6 is 0 Å². The van der Waals surface area contributed by atoms with Crippen LogP contribution in [-0.4, -0.2) is 23.6 Å². The van der Waals surface area contributed by atoms with Crippen LogP contribution in [0.5, 0.6) is 5.75 Å². The lowest BCUT2D eigenvalue weighted by Crippen LogP contribution is -2.20. The fourth-order valence-corrected chi connectivity index (χ4v) is 2.01. The Morgan fingerprint density at radius 1 is 1.24 bits per heavy atom. The molecule has 0 saturated carbocycles. The maximum absolute atomic E-state index is 12.4. The van der Waals surface area contributed by atoms with E-state index < -0.39 is 23.6 Å². The summed E-state index contributed by atoms with van der Waals surface area (Å²) in [5, 5.41) is 13.2. The summed E-state index contributed by atoms with van der Waals surface area (Å²) in [5.41, 5.74) is 0.289. The topological polar surface area (TPSA) is 81.5 Å². The Labute approximate surface area is 140 Å². The van der Waals surface area contributed by atoms with Crippen molar-refractivity contribution in [3.05, 3.63) is 63.7 Å². The standard InChI is InChI=1S/C16H13F3N2O4/c1-10-6-7-11(21(23)24)8-12(10)15(22)20-13-4-2-3-5-14(13)25-9-16(17,18)19/h2-8H,9H2,1H3,(H,20,22). The summed E-state index contributed by atoms with van der Waals surface area (Å²) in [6.07, 6.45) is -4.52. The molecule has 9 heteroatoms. The third-order valence-corrected chi connectivity index (χ3v) is 3.20. The van der Waals surface area contributed by atoms with E-state index in [-0.39, 0.29) is 22.7 Å². The number of aryl methyl sites for hydroxylation is 1. The molecule has 0 spiro atoms. The van der Waals surface area contributed by atoms with E-state index in [1.807, 2.05) is 0 Å². The monoisotopic (exact) mass is 354 g/mol. The van der Waals surface area contributed by atoms with Crippen LogP contribution in [0.1, 0.15) is 15.9 Å². The van der Waals surface area contributed by atoms with Gasteiger partial charge in [0, 0.05) is 17.7 Å². The fraction of sp³-hybridized carbons (Fsp3) is 0.188. The number of ether oxygens (including phenoxy) is 1. The van der Waals surface area contributed by atoms with E-state index in [1.165, 1.54) is 36.4 Å². The van der Waals surface area contributed by atoms with Crippen LogP contribution in [0.4, 0.5) is 24.5 Å². The van der Waals surface area contributed by atoms with Crippen LogP contribution < -0.4 is 10.1 Å². The average Bonchev–Trinajstić information content (AvgIpc) is 2.53. The van der Waals surface area contributed by atoms with Gasteiger partial charge in [0.2, 0.25) is 0 Å². The number of anilines is 1. The van der Waals surface area contributed by atoms with E-state index in [4.69, 9.17) is 0 Å². The van der Waals surface area contributed by atoms with E-state index in [1.54, 1.807) is 6.92 Å². The van der Waals surface area contributed by atoms with Gasteiger partial charge in [0.25, 0.3) is 11.6 Å². The molecular weight excluding hydrogens is 341 g/mol. The lowest BCUT2D eigenvalue weighted by molar-refractivity contribution is -0.384. The Balaban J connectivity index is 2.24. The molecule has 0 aromatic heterocycles. The molecule has 1 N–H and O–H groups in total. The minimum atomic E-state index is -4.52. The second-order valence-corrected chi connectivity index (χ2v) is 5.11. The van der Waals surface area contributed by atoms with Gasteiger partial charge in [-0.25, -0.2) is 0 Å². The van der Waals surface area contributed by atoms with Gasteiger partial charge in [0.15, 0.2) is 6.61 Å². The summed E-state index contributed by atoms with van der Waals surface area (Å²) in [7, 11) is 0. The summed E-state index contributed by atoms with van der Waals surface area (Å²) < 4.78 is 41.6. The Hall–Kier alpha value is -3.10. The molecule has 0 atom stereocenters. The molecule has 6 nitrogen and oxygen atoms in total. The number of benzene rings is 2. The van der Waals surface area contributed by atoms with Crippen molar-refractivity contribution in [1.29, 1.82) is 0 Å². The Morgan fingerprint density at radius 2 is 1.92 bits per heavy atom. The molecule has 132 valence electrons. The second kappa shape index (κ2) is 7.20. The molecule has 0 heterocycles. The lowest BCUT2D eigenvalue weighted by atomic mass is 10.1. The van der Waals surface area contributed by atoms with Gasteiger partial charge in [0.05, 0.1) is 10.6 Å². The summed E-state index contributed by atoms with van der Waals surface area (Å²) in [4.78, 5) is 22.5. The zero-order valence-electron chi connectivity index (χ0n) is 13.0. The number of nitrogens with zero attached hydrogens (tertiary/aromatic N) is 1. The maximum atomic E-state index is 12.4. The number of rotatable bonds is 5. The van der Waals surface area contributed by atoms with E-state index in [0.29, 0.717) is 5.56 Å². The van der Waals surface area contributed by atoms with Crippen LogP contribution in [0, 0.1) is 17.0 Å². The van der Waals surface area contributed by atoms with Gasteiger partial charge >= 0.3 is 6.18 Å². The molecule has 25 heavy (non-hydrogen) atoms. The molecule has 2 aromatic rings. The number of nitrogens with one attached hydrogen (secondary N) is 1. The minimum absolute atomic E-state index is 0.0302. The van der Waals surface area contributed by atoms with Gasteiger partial charge in [-0.1, -0.05) is 18.2 Å². The van der Waals surface area contributed by atoms with E-state index >= 15 is 0 Å². The van der Waals surface area contributed by atoms with E-state index in [9.17, 15) is 28.1 Å². The molecule has 0 aliphatic heterocycles. The highest BCUT2D eigenvalue weighted by atomic mass is 19.4. The van der Waals surface area contributed by atoms with Gasteiger partial charge in [-0.05, 0) is 24.6 Å². The number of hydrogen-bond donors (Lipinski definition) is 1. The number of alkyl halides is 3. The molecule has 2 rings (SSSR count). The number of hydrogen-bond acceptors (Lipinski definition) is 4. The maximum Gasteiger partial charge on any atom is 0.422 e. The fourth-order valence-electron chi connectivity index (χ4n) is 2.01. The van der Waals surface area contributed by atoms with Crippen molar-refractivity contribution in [2.45, 2.75) is 13.1 Å². The first-order valence-electron chi connectivity index (χ1n) is 7.02. The highest BCUT2D eigenvalue weighted by Crippen LogP contribution is 2.27. The van der Waals surface area contributed by atoms with Gasteiger partial charge in [0.1, 0.15) is 5.75 Å². The first kappa shape index (κ1) is 18.2. The smallest absolute Gasteiger partial charge is 0.422 e. The van der Waals surface area contributed by atoms with Crippen LogP contribution in [0.2, 0.25) is 0 Å². The molecule has 1 amide bonds. The number of para-hydroxylation sites is 2. The van der Waals surface area contributed by atoms with E-state index in [0.717, 1.165) is 6.07 Å². The van der Waals surface area contributed by atoms with Crippen molar-refractivity contribution >= 4 is 17.3 Å². The average molecular weight is 354 g/mol. The number of amides is 1. The quantitative estimate of drug-likeness (QED) is 0.647. The molecule has 0 fully saturated rings. The summed E-state index contributed by atoms with van der Waals surface area (Å²) in [6, 6.07) is 9.39. The number of halogens is 3. The lowest BCUT2D eigenvalue weighted by Gasteiger charge is -2.14. The molecular formula is C16H13F3N2O4. The van der Waals surface area contributed by atoms with Crippen LogP contribution in [0.25, 0.3) is 0 Å². The zero-order chi connectivity index (χ0) is 18.6. The van der Waals surface area contributed by atoms with Gasteiger partial charge in [-0.15, -0.1) is 0 Å². The third-order valence-electron chi connectivity index (χ3n) is 3.20. The highest BCUT2D eigenvalue weighted by molar-refractivity contribution is 6.06. The molecule has 0 radical (unpaired) electrons. The van der Waals surface area contributed by atoms with Gasteiger partial charge in [-0.3, -0.25) is 14.9 Å². The molecule has 2 aromatic carbocycles. The summed E-state index contributed by atoms with van der Waals surface area (Å²) in [6.45, 7) is 0.0837. The van der Waals surface area contributed by atoms with Crippen molar-refractivity contribution in [3.8, 4) is 5.75 Å². The largest absolute Gasteiger partial charge is 0.482 e. The first-order chi connectivity index (χ1) is 11.7. The second-order valence-electron chi connectivity index (χ2n) is 5.11. The highest BCUT2D eigenvalue weighted by Gasteiger charge is 2.29. The predicted octanol–water partition coefficient (Wildman–Crippen LogP) is 4.10. The molecule has 0 aliphatic carbocycles. The van der Waals surface area contributed by atoms with E-state index in [2.05, 4.69) is 10.1 Å². The predicted molar refractivity (Wildman–Crippen MR) is 83.8 cm³/mol. The Bertz CT molecular complexity index is 806. The van der Waals surface area contributed by atoms with Crippen LogP contribution in [0.3, 0.4) is 0 Å². The van der Waals surface area contributed by atoms with Gasteiger partial charge in [-0.2, -0.15) is 13.2 Å². The van der Waals surface area contributed by atoms with Crippen molar-refractivity contribution in [2.75, 3.05) is 11.9 Å². The SMILES string of the molecule is Cc1ccc([N+](=O)[O-])cc1C(=O)Nc1ccccc1OCC(F)(F)F. The number of non-ortho nitro benzene ring substituents is 1. The first-order valence-corrected chi connectivity index (χ1v) is 7.02.